The standard InChI is InChI=1S/C8H7NO2S/c10-12(11)9-6-5-7-3-1-2-4-8(7)9/h1-6,12H. The van der Waals surface area contributed by atoms with E-state index in [9.17, 15) is 8.42 Å². The second-order valence-electron chi connectivity index (χ2n) is 2.46. The van der Waals surface area contributed by atoms with Crippen LogP contribution in [0.15, 0.2) is 36.5 Å². The predicted octanol–water partition coefficient (Wildman–Crippen LogP) is 1.02. The highest BCUT2D eigenvalue weighted by Gasteiger charge is 1.98. The minimum Gasteiger partial charge on any atom is -0.247 e. The average molecular weight is 181 g/mol. The van der Waals surface area contributed by atoms with E-state index in [0.29, 0.717) is 0 Å². The van der Waals surface area contributed by atoms with E-state index >= 15 is 0 Å². The lowest BCUT2D eigenvalue weighted by molar-refractivity contribution is 0.608. The number of thiol groups is 1. The number of benzene rings is 1. The molecule has 1 heterocycles. The molecule has 4 heteroatoms. The first-order valence-electron chi connectivity index (χ1n) is 3.50. The molecule has 3 nitrogen and oxygen atoms in total. The third-order valence-electron chi connectivity index (χ3n) is 1.75. The Kier molecular flexibility index (Phi) is 1.62. The van der Waals surface area contributed by atoms with Crippen molar-refractivity contribution in [3.8, 4) is 0 Å². The quantitative estimate of drug-likeness (QED) is 0.667. The number of aromatic nitrogens is 1. The summed E-state index contributed by atoms with van der Waals surface area (Å²) in [6.45, 7) is 0. The molecule has 1 aromatic heterocycles. The second-order valence-corrected chi connectivity index (χ2v) is 3.36. The van der Waals surface area contributed by atoms with Crippen LogP contribution in [0.1, 0.15) is 0 Å². The fraction of sp³-hybridized carbons (Fsp3) is 0. The molecular formula is C8H7NO2S. The molecule has 2 aromatic rings. The summed E-state index contributed by atoms with van der Waals surface area (Å²) in [5, 5.41) is 0.941. The third kappa shape index (κ3) is 1.00. The van der Waals surface area contributed by atoms with Crippen LogP contribution in [-0.4, -0.2) is 12.4 Å². The van der Waals surface area contributed by atoms with Crippen molar-refractivity contribution >= 4 is 21.8 Å². The molecule has 0 N–H and O–H groups in total. The Hall–Kier alpha value is -1.29. The van der Waals surface area contributed by atoms with Crippen molar-refractivity contribution in [1.82, 2.24) is 3.97 Å². The molecule has 1 aromatic carbocycles. The Morgan fingerprint density at radius 1 is 1.08 bits per heavy atom. The Balaban J connectivity index is 2.87. The molecule has 0 atom stereocenters. The molecule has 0 aliphatic heterocycles. The van der Waals surface area contributed by atoms with E-state index in [2.05, 4.69) is 0 Å². The number of para-hydroxylation sites is 1. The molecule has 0 bridgehead atoms. The maximum absolute atomic E-state index is 10.7. The molecule has 0 aliphatic rings. The number of nitrogens with zero attached hydrogens (tertiary/aromatic N) is 1. The summed E-state index contributed by atoms with van der Waals surface area (Å²) in [7, 11) is -2.54. The van der Waals surface area contributed by atoms with Crippen molar-refractivity contribution in [3.05, 3.63) is 36.5 Å². The van der Waals surface area contributed by atoms with Crippen molar-refractivity contribution in [1.29, 1.82) is 0 Å². The smallest absolute Gasteiger partial charge is 0.228 e. The molecule has 0 saturated carbocycles. The minimum atomic E-state index is -2.54. The van der Waals surface area contributed by atoms with Crippen LogP contribution < -0.4 is 0 Å². The van der Waals surface area contributed by atoms with E-state index in [1.165, 1.54) is 3.97 Å². The number of hydrogen-bond donors (Lipinski definition) is 1. The fourth-order valence-corrected chi connectivity index (χ4v) is 1.74. The van der Waals surface area contributed by atoms with E-state index in [-0.39, 0.29) is 0 Å². The second kappa shape index (κ2) is 2.64. The number of fused-ring (bicyclic) bond motifs is 1. The third-order valence-corrected chi connectivity index (χ3v) is 2.46. The van der Waals surface area contributed by atoms with Gasteiger partial charge in [-0.25, -0.2) is 12.4 Å². The van der Waals surface area contributed by atoms with Gasteiger partial charge in [-0.3, -0.25) is 0 Å². The van der Waals surface area contributed by atoms with E-state index in [1.54, 1.807) is 18.3 Å². The van der Waals surface area contributed by atoms with Gasteiger partial charge in [0.15, 0.2) is 0 Å². The Bertz CT molecular complexity index is 477. The van der Waals surface area contributed by atoms with Gasteiger partial charge in [0, 0.05) is 11.6 Å². The summed E-state index contributed by atoms with van der Waals surface area (Å²) in [6.07, 6.45) is 1.55. The zero-order chi connectivity index (χ0) is 8.55. The van der Waals surface area contributed by atoms with Gasteiger partial charge in [0.2, 0.25) is 10.9 Å². The number of rotatable bonds is 1. The Morgan fingerprint density at radius 2 is 1.83 bits per heavy atom. The summed E-state index contributed by atoms with van der Waals surface area (Å²) in [6, 6.07) is 9.13. The summed E-state index contributed by atoms with van der Waals surface area (Å²) in [5.74, 6) is 0. The van der Waals surface area contributed by atoms with Crippen LogP contribution in [0.25, 0.3) is 10.9 Å². The van der Waals surface area contributed by atoms with Gasteiger partial charge in [0.25, 0.3) is 0 Å². The predicted molar refractivity (Wildman–Crippen MR) is 47.7 cm³/mol. The molecule has 0 saturated heterocycles. The number of hydrogen-bond acceptors (Lipinski definition) is 2. The molecule has 0 fully saturated rings. The summed E-state index contributed by atoms with van der Waals surface area (Å²) in [4.78, 5) is 0. The van der Waals surface area contributed by atoms with Crippen molar-refractivity contribution < 1.29 is 8.42 Å². The van der Waals surface area contributed by atoms with Crippen LogP contribution in [0.4, 0.5) is 0 Å². The average Bonchev–Trinajstić information content (AvgIpc) is 2.47. The van der Waals surface area contributed by atoms with Crippen molar-refractivity contribution in [2.45, 2.75) is 0 Å². The highest BCUT2D eigenvalue weighted by molar-refractivity contribution is 7.71. The molecule has 2 rings (SSSR count). The highest BCUT2D eigenvalue weighted by Crippen LogP contribution is 2.13. The normalized spacial score (nSPS) is 11.1. The topological polar surface area (TPSA) is 39.1 Å². The maximum atomic E-state index is 10.7. The molecule has 0 unspecified atom stereocenters. The first-order chi connectivity index (χ1) is 5.79. The van der Waals surface area contributed by atoms with E-state index in [4.69, 9.17) is 0 Å². The van der Waals surface area contributed by atoms with Gasteiger partial charge in [0.1, 0.15) is 0 Å². The van der Waals surface area contributed by atoms with Crippen LogP contribution in [0, 0.1) is 0 Å². The first-order valence-corrected chi connectivity index (χ1v) is 4.63. The SMILES string of the molecule is O=[SH](=O)n1ccc2ccccc21. The van der Waals surface area contributed by atoms with E-state index in [0.717, 1.165) is 10.9 Å². The van der Waals surface area contributed by atoms with Crippen molar-refractivity contribution in [3.63, 3.8) is 0 Å². The van der Waals surface area contributed by atoms with Gasteiger partial charge >= 0.3 is 0 Å². The molecule has 0 spiro atoms. The molecule has 62 valence electrons. The van der Waals surface area contributed by atoms with Crippen LogP contribution in [0.3, 0.4) is 0 Å². The minimum absolute atomic E-state index is 0.730. The van der Waals surface area contributed by atoms with Gasteiger partial charge in [-0.2, -0.15) is 0 Å². The highest BCUT2D eigenvalue weighted by atomic mass is 32.2. The zero-order valence-electron chi connectivity index (χ0n) is 6.18. The monoisotopic (exact) mass is 181 g/mol. The van der Waals surface area contributed by atoms with Gasteiger partial charge in [0.05, 0.1) is 5.52 Å². The molecule has 0 amide bonds. The lowest BCUT2D eigenvalue weighted by atomic mass is 10.3. The maximum Gasteiger partial charge on any atom is 0.228 e. The summed E-state index contributed by atoms with van der Waals surface area (Å²) in [5.41, 5.74) is 0.730. The van der Waals surface area contributed by atoms with Crippen molar-refractivity contribution in [2.24, 2.45) is 0 Å². The molecule has 0 aliphatic carbocycles. The molecule has 12 heavy (non-hydrogen) atoms. The van der Waals surface area contributed by atoms with Gasteiger partial charge in [-0.15, -0.1) is 0 Å². The summed E-state index contributed by atoms with van der Waals surface area (Å²) < 4.78 is 22.6. The Labute approximate surface area is 71.3 Å². The van der Waals surface area contributed by atoms with Crippen LogP contribution in [0.2, 0.25) is 0 Å². The molecule has 0 radical (unpaired) electrons. The summed E-state index contributed by atoms with van der Waals surface area (Å²) >= 11 is 0. The lowest BCUT2D eigenvalue weighted by Crippen LogP contribution is -1.91. The van der Waals surface area contributed by atoms with Gasteiger partial charge in [-0.1, -0.05) is 18.2 Å². The van der Waals surface area contributed by atoms with E-state index < -0.39 is 10.9 Å². The lowest BCUT2D eigenvalue weighted by Gasteiger charge is -1.92. The fourth-order valence-electron chi connectivity index (χ4n) is 1.21. The van der Waals surface area contributed by atoms with Crippen LogP contribution in [-0.2, 0) is 10.9 Å². The molecular weight excluding hydrogens is 174 g/mol. The van der Waals surface area contributed by atoms with E-state index in [1.807, 2.05) is 18.2 Å². The van der Waals surface area contributed by atoms with Crippen LogP contribution >= 0.6 is 0 Å². The van der Waals surface area contributed by atoms with Crippen molar-refractivity contribution in [2.75, 3.05) is 0 Å². The first kappa shape index (κ1) is 7.36. The zero-order valence-corrected chi connectivity index (χ0v) is 7.07. The largest absolute Gasteiger partial charge is 0.247 e. The van der Waals surface area contributed by atoms with Gasteiger partial charge in [-0.05, 0) is 12.1 Å². The van der Waals surface area contributed by atoms with Gasteiger partial charge < -0.3 is 0 Å². The van der Waals surface area contributed by atoms with Crippen LogP contribution in [0.5, 0.6) is 0 Å². The Morgan fingerprint density at radius 3 is 2.58 bits per heavy atom.